The highest BCUT2D eigenvalue weighted by molar-refractivity contribution is 7.89. The second-order valence-corrected chi connectivity index (χ2v) is 9.29. The summed E-state index contributed by atoms with van der Waals surface area (Å²) in [6.07, 6.45) is 2.77. The van der Waals surface area contributed by atoms with Crippen molar-refractivity contribution in [1.82, 2.24) is 9.62 Å². The third kappa shape index (κ3) is 5.29. The van der Waals surface area contributed by atoms with Crippen LogP contribution in [-0.2, 0) is 19.6 Å². The van der Waals surface area contributed by atoms with Crippen molar-refractivity contribution in [1.29, 1.82) is 0 Å². The zero-order valence-electron chi connectivity index (χ0n) is 16.4. The fourth-order valence-electron chi connectivity index (χ4n) is 3.11. The van der Waals surface area contributed by atoms with Crippen LogP contribution in [0, 0.1) is 12.8 Å². The second-order valence-electron chi connectivity index (χ2n) is 7.35. The number of nitrogens with one attached hydrogen (secondary N) is 2. The van der Waals surface area contributed by atoms with Crippen molar-refractivity contribution in [2.24, 2.45) is 5.92 Å². The van der Waals surface area contributed by atoms with E-state index in [0.29, 0.717) is 18.8 Å². The Morgan fingerprint density at radius 2 is 1.74 bits per heavy atom. The van der Waals surface area contributed by atoms with Gasteiger partial charge >= 0.3 is 0 Å². The smallest absolute Gasteiger partial charge is 0.247 e. The first kappa shape index (κ1) is 21.4. The first-order valence-corrected chi connectivity index (χ1v) is 10.8. The van der Waals surface area contributed by atoms with E-state index in [1.165, 1.54) is 17.3 Å². The average molecular weight is 396 g/mol. The van der Waals surface area contributed by atoms with Gasteiger partial charge in [-0.1, -0.05) is 26.3 Å². The first-order valence-electron chi connectivity index (χ1n) is 9.31. The quantitative estimate of drug-likeness (QED) is 0.772. The van der Waals surface area contributed by atoms with E-state index in [1.54, 1.807) is 19.1 Å². The Morgan fingerprint density at radius 1 is 1.11 bits per heavy atom. The Hall–Kier alpha value is -1.93. The number of hydrogen-bond donors (Lipinski definition) is 2. The SMILES string of the molecule is CC(=O)N[C@@H](C(=O)Nc1cc(S(=O)(=O)N2CCCCC2)ccc1C)C(C)C. The molecule has 2 rings (SSSR count). The molecule has 1 fully saturated rings. The number of piperidine rings is 1. The average Bonchev–Trinajstić information content (AvgIpc) is 2.61. The maximum atomic E-state index is 12.9. The molecule has 0 unspecified atom stereocenters. The summed E-state index contributed by atoms with van der Waals surface area (Å²) in [6.45, 7) is 7.88. The van der Waals surface area contributed by atoms with Gasteiger partial charge in [0.15, 0.2) is 0 Å². The molecule has 0 spiro atoms. The van der Waals surface area contributed by atoms with E-state index in [-0.39, 0.29) is 22.6 Å². The molecule has 1 aliphatic rings. The van der Waals surface area contributed by atoms with Gasteiger partial charge in [-0.15, -0.1) is 0 Å². The molecule has 8 heteroatoms. The number of carbonyl (C=O) groups excluding carboxylic acids is 2. The number of benzene rings is 1. The summed E-state index contributed by atoms with van der Waals surface area (Å²) in [5.74, 6) is -0.757. The van der Waals surface area contributed by atoms with E-state index >= 15 is 0 Å². The predicted molar refractivity (Wildman–Crippen MR) is 105 cm³/mol. The molecule has 1 atom stereocenters. The Bertz CT molecular complexity index is 799. The van der Waals surface area contributed by atoms with Gasteiger partial charge < -0.3 is 10.6 Å². The molecule has 1 aliphatic heterocycles. The van der Waals surface area contributed by atoms with Gasteiger partial charge in [0, 0.05) is 25.7 Å². The predicted octanol–water partition coefficient (Wildman–Crippen LogP) is 2.27. The lowest BCUT2D eigenvalue weighted by molar-refractivity contribution is -0.126. The normalized spacial score (nSPS) is 16.8. The van der Waals surface area contributed by atoms with E-state index in [1.807, 2.05) is 13.8 Å². The van der Waals surface area contributed by atoms with Crippen LogP contribution in [-0.4, -0.2) is 43.7 Å². The van der Waals surface area contributed by atoms with E-state index < -0.39 is 16.1 Å². The van der Waals surface area contributed by atoms with E-state index in [9.17, 15) is 18.0 Å². The molecular weight excluding hydrogens is 366 g/mol. The van der Waals surface area contributed by atoms with Gasteiger partial charge in [0.25, 0.3) is 0 Å². The van der Waals surface area contributed by atoms with Crippen molar-refractivity contribution >= 4 is 27.5 Å². The van der Waals surface area contributed by atoms with Crippen molar-refractivity contribution in [3.8, 4) is 0 Å². The number of amides is 2. The lowest BCUT2D eigenvalue weighted by Gasteiger charge is -2.26. The Labute approximate surface area is 161 Å². The molecular formula is C19H29N3O4S. The largest absolute Gasteiger partial charge is 0.344 e. The van der Waals surface area contributed by atoms with Crippen LogP contribution in [0.4, 0.5) is 5.69 Å². The van der Waals surface area contributed by atoms with Gasteiger partial charge in [-0.05, 0) is 43.4 Å². The number of carbonyl (C=O) groups is 2. The topological polar surface area (TPSA) is 95.6 Å². The van der Waals surface area contributed by atoms with Gasteiger partial charge in [-0.25, -0.2) is 8.42 Å². The molecule has 1 aromatic carbocycles. The molecule has 7 nitrogen and oxygen atoms in total. The minimum Gasteiger partial charge on any atom is -0.344 e. The highest BCUT2D eigenvalue weighted by Gasteiger charge is 2.27. The van der Waals surface area contributed by atoms with Crippen LogP contribution in [0.3, 0.4) is 0 Å². The molecule has 0 bridgehead atoms. The molecule has 0 aliphatic carbocycles. The fraction of sp³-hybridized carbons (Fsp3) is 0.579. The molecule has 0 aromatic heterocycles. The summed E-state index contributed by atoms with van der Waals surface area (Å²) in [6, 6.07) is 4.07. The van der Waals surface area contributed by atoms with Crippen molar-refractivity contribution in [3.05, 3.63) is 23.8 Å². The van der Waals surface area contributed by atoms with Crippen LogP contribution >= 0.6 is 0 Å². The number of sulfonamides is 1. The highest BCUT2D eigenvalue weighted by Crippen LogP contribution is 2.25. The molecule has 1 heterocycles. The molecule has 2 N–H and O–H groups in total. The second kappa shape index (κ2) is 8.84. The van der Waals surface area contributed by atoms with Crippen LogP contribution in [0.5, 0.6) is 0 Å². The van der Waals surface area contributed by atoms with Gasteiger partial charge in [0.05, 0.1) is 4.90 Å². The fourth-order valence-corrected chi connectivity index (χ4v) is 4.66. The molecule has 0 saturated carbocycles. The summed E-state index contributed by atoms with van der Waals surface area (Å²) in [5.41, 5.74) is 1.19. The van der Waals surface area contributed by atoms with E-state index in [4.69, 9.17) is 0 Å². The van der Waals surface area contributed by atoms with Gasteiger partial charge in [0.2, 0.25) is 21.8 Å². The molecule has 2 amide bonds. The van der Waals surface area contributed by atoms with Crippen LogP contribution in [0.2, 0.25) is 0 Å². The Kier molecular flexibility index (Phi) is 7.00. The first-order chi connectivity index (χ1) is 12.6. The van der Waals surface area contributed by atoms with Crippen molar-refractivity contribution in [2.75, 3.05) is 18.4 Å². The molecule has 150 valence electrons. The highest BCUT2D eigenvalue weighted by atomic mass is 32.2. The minimum atomic E-state index is -3.58. The Balaban J connectivity index is 2.26. The summed E-state index contributed by atoms with van der Waals surface area (Å²) in [7, 11) is -3.58. The molecule has 0 radical (unpaired) electrons. The molecule has 27 heavy (non-hydrogen) atoms. The van der Waals surface area contributed by atoms with Gasteiger partial charge in [-0.2, -0.15) is 4.31 Å². The number of hydrogen-bond acceptors (Lipinski definition) is 4. The summed E-state index contributed by atoms with van der Waals surface area (Å²) in [5, 5.41) is 5.41. The third-order valence-electron chi connectivity index (χ3n) is 4.73. The van der Waals surface area contributed by atoms with Crippen molar-refractivity contribution in [2.45, 2.75) is 57.9 Å². The summed E-state index contributed by atoms with van der Waals surface area (Å²) >= 11 is 0. The number of rotatable bonds is 6. The van der Waals surface area contributed by atoms with E-state index in [2.05, 4.69) is 10.6 Å². The zero-order chi connectivity index (χ0) is 20.2. The van der Waals surface area contributed by atoms with Gasteiger partial charge in [0.1, 0.15) is 6.04 Å². The summed E-state index contributed by atoms with van der Waals surface area (Å²) < 4.78 is 27.3. The standard InChI is InChI=1S/C19H29N3O4S/c1-13(2)18(20-15(4)23)19(24)21-17-12-16(9-8-14(17)3)27(25,26)22-10-6-5-7-11-22/h8-9,12-13,18H,5-7,10-11H2,1-4H3,(H,20,23)(H,21,24)/t18-/m1/s1. The summed E-state index contributed by atoms with van der Waals surface area (Å²) in [4.78, 5) is 24.2. The minimum absolute atomic E-state index is 0.102. The van der Waals surface area contributed by atoms with Gasteiger partial charge in [-0.3, -0.25) is 9.59 Å². The lowest BCUT2D eigenvalue weighted by atomic mass is 10.0. The van der Waals surface area contributed by atoms with Crippen molar-refractivity contribution < 1.29 is 18.0 Å². The number of anilines is 1. The molecule has 1 saturated heterocycles. The van der Waals surface area contributed by atoms with Crippen LogP contribution < -0.4 is 10.6 Å². The maximum Gasteiger partial charge on any atom is 0.247 e. The molecule has 1 aromatic rings. The maximum absolute atomic E-state index is 12.9. The third-order valence-corrected chi connectivity index (χ3v) is 6.62. The van der Waals surface area contributed by atoms with Crippen molar-refractivity contribution in [3.63, 3.8) is 0 Å². The monoisotopic (exact) mass is 395 g/mol. The lowest BCUT2D eigenvalue weighted by Crippen LogP contribution is -2.46. The number of aryl methyl sites for hydroxylation is 1. The Morgan fingerprint density at radius 3 is 2.30 bits per heavy atom. The zero-order valence-corrected chi connectivity index (χ0v) is 17.2. The van der Waals surface area contributed by atoms with Crippen LogP contribution in [0.1, 0.15) is 45.6 Å². The van der Waals surface area contributed by atoms with Crippen LogP contribution in [0.25, 0.3) is 0 Å². The van der Waals surface area contributed by atoms with Crippen LogP contribution in [0.15, 0.2) is 23.1 Å². The van der Waals surface area contributed by atoms with E-state index in [0.717, 1.165) is 24.8 Å². The number of nitrogens with zero attached hydrogens (tertiary/aromatic N) is 1.